The number of carbonyl (C=O) groups excluding carboxylic acids is 2. The molecular weight excluding hydrogens is 440 g/mol. The molecule has 0 N–H and O–H groups in total. The minimum absolute atomic E-state index is 0.162. The zero-order valence-electron chi connectivity index (χ0n) is 20.6. The number of hydrogen-bond acceptors (Lipinski definition) is 6. The number of ether oxygens (including phenoxy) is 1. The Bertz CT molecular complexity index is 1180. The molecule has 7 heteroatoms. The van der Waals surface area contributed by atoms with Crippen molar-refractivity contribution in [3.05, 3.63) is 77.5 Å². The van der Waals surface area contributed by atoms with Gasteiger partial charge in [0.15, 0.2) is 5.82 Å². The fourth-order valence-corrected chi connectivity index (χ4v) is 4.45. The van der Waals surface area contributed by atoms with E-state index < -0.39 is 0 Å². The fraction of sp³-hybridized carbons (Fsp3) is 0.357. The number of piperidine rings is 1. The molecule has 1 saturated heterocycles. The van der Waals surface area contributed by atoms with Gasteiger partial charge < -0.3 is 14.5 Å². The van der Waals surface area contributed by atoms with E-state index >= 15 is 0 Å². The van der Waals surface area contributed by atoms with Crippen LogP contribution in [0.4, 0.5) is 5.82 Å². The number of anilines is 1. The first kappa shape index (κ1) is 24.4. The predicted molar refractivity (Wildman–Crippen MR) is 136 cm³/mol. The van der Waals surface area contributed by atoms with E-state index in [0.29, 0.717) is 43.4 Å². The monoisotopic (exact) mass is 472 g/mol. The lowest BCUT2D eigenvalue weighted by atomic mass is 9.97. The summed E-state index contributed by atoms with van der Waals surface area (Å²) in [5.41, 5.74) is 3.57. The average molecular weight is 473 g/mol. The molecule has 0 radical (unpaired) electrons. The lowest BCUT2D eigenvalue weighted by Crippen LogP contribution is -2.43. The number of amides is 1. The van der Waals surface area contributed by atoms with Gasteiger partial charge in [0.25, 0.3) is 5.91 Å². The van der Waals surface area contributed by atoms with Gasteiger partial charge in [0, 0.05) is 38.4 Å². The van der Waals surface area contributed by atoms with Gasteiger partial charge in [-0.1, -0.05) is 54.1 Å². The molecule has 1 amide bonds. The van der Waals surface area contributed by atoms with E-state index in [1.807, 2.05) is 61.3 Å². The Labute approximate surface area is 206 Å². The van der Waals surface area contributed by atoms with Gasteiger partial charge in [-0.05, 0) is 38.3 Å². The number of hydrogen-bond donors (Lipinski definition) is 0. The van der Waals surface area contributed by atoms with E-state index in [9.17, 15) is 9.59 Å². The third kappa shape index (κ3) is 5.85. The van der Waals surface area contributed by atoms with Crippen molar-refractivity contribution >= 4 is 17.7 Å². The molecule has 1 atom stereocenters. The topological polar surface area (TPSA) is 75.6 Å². The van der Waals surface area contributed by atoms with E-state index in [-0.39, 0.29) is 17.8 Å². The number of nitrogens with zero attached hydrogens (tertiary/aromatic N) is 4. The van der Waals surface area contributed by atoms with Gasteiger partial charge >= 0.3 is 5.97 Å². The summed E-state index contributed by atoms with van der Waals surface area (Å²) in [7, 11) is 1.93. The Hall–Kier alpha value is -3.74. The molecule has 0 unspecified atom stereocenters. The highest BCUT2D eigenvalue weighted by molar-refractivity contribution is 5.99. The van der Waals surface area contributed by atoms with Crippen LogP contribution in [0.3, 0.4) is 0 Å². The molecule has 0 bridgehead atoms. The van der Waals surface area contributed by atoms with Gasteiger partial charge in [0.1, 0.15) is 11.4 Å². The Kier molecular flexibility index (Phi) is 7.75. The van der Waals surface area contributed by atoms with E-state index in [2.05, 4.69) is 17.1 Å². The molecule has 35 heavy (non-hydrogen) atoms. The van der Waals surface area contributed by atoms with Crippen LogP contribution in [0.1, 0.15) is 41.3 Å². The number of carbonyl (C=O) groups is 2. The molecule has 0 aliphatic carbocycles. The number of aryl methyl sites for hydroxylation is 1. The maximum Gasteiger partial charge on any atom is 0.310 e. The Balaban J connectivity index is 1.67. The number of benzene rings is 2. The summed E-state index contributed by atoms with van der Waals surface area (Å²) in [4.78, 5) is 39.1. The maximum atomic E-state index is 13.7. The second-order valence-electron chi connectivity index (χ2n) is 8.98. The molecule has 1 fully saturated rings. The van der Waals surface area contributed by atoms with E-state index in [4.69, 9.17) is 9.72 Å². The van der Waals surface area contributed by atoms with Gasteiger partial charge in [-0.3, -0.25) is 9.59 Å². The number of aromatic nitrogens is 2. The highest BCUT2D eigenvalue weighted by atomic mass is 16.5. The van der Waals surface area contributed by atoms with Crippen molar-refractivity contribution in [3.63, 3.8) is 0 Å². The van der Waals surface area contributed by atoms with E-state index in [1.54, 1.807) is 18.0 Å². The molecule has 7 nitrogen and oxygen atoms in total. The molecule has 0 saturated carbocycles. The maximum absolute atomic E-state index is 13.7. The summed E-state index contributed by atoms with van der Waals surface area (Å²) in [6, 6.07) is 18.1. The normalized spacial score (nSPS) is 15.5. The molecule has 0 spiro atoms. The lowest BCUT2D eigenvalue weighted by Gasteiger charge is -2.32. The summed E-state index contributed by atoms with van der Waals surface area (Å²) in [6.07, 6.45) is 3.11. The quantitative estimate of drug-likeness (QED) is 0.471. The van der Waals surface area contributed by atoms with E-state index in [0.717, 1.165) is 29.5 Å². The first-order chi connectivity index (χ1) is 17.0. The van der Waals surface area contributed by atoms with Crippen LogP contribution in [0.15, 0.2) is 60.8 Å². The van der Waals surface area contributed by atoms with Crippen LogP contribution in [0.2, 0.25) is 0 Å². The zero-order chi connectivity index (χ0) is 24.8. The third-order valence-corrected chi connectivity index (χ3v) is 6.23. The average Bonchev–Trinajstić information content (AvgIpc) is 2.88. The van der Waals surface area contributed by atoms with Gasteiger partial charge in [-0.2, -0.15) is 0 Å². The van der Waals surface area contributed by atoms with Gasteiger partial charge in [0.2, 0.25) is 0 Å². The van der Waals surface area contributed by atoms with Crippen molar-refractivity contribution in [1.29, 1.82) is 0 Å². The predicted octanol–water partition coefficient (Wildman–Crippen LogP) is 4.50. The third-order valence-electron chi connectivity index (χ3n) is 6.23. The Morgan fingerprint density at radius 1 is 1.14 bits per heavy atom. The summed E-state index contributed by atoms with van der Waals surface area (Å²) in [5, 5.41) is 0. The second-order valence-corrected chi connectivity index (χ2v) is 8.98. The van der Waals surface area contributed by atoms with Gasteiger partial charge in [-0.15, -0.1) is 0 Å². The molecule has 1 aliphatic heterocycles. The van der Waals surface area contributed by atoms with Gasteiger partial charge in [-0.25, -0.2) is 9.97 Å². The first-order valence-electron chi connectivity index (χ1n) is 12.1. The van der Waals surface area contributed by atoms with Crippen LogP contribution >= 0.6 is 0 Å². The van der Waals surface area contributed by atoms with E-state index in [1.165, 1.54) is 0 Å². The van der Waals surface area contributed by atoms with Gasteiger partial charge in [0.05, 0.1) is 12.5 Å². The number of likely N-dealkylation sites (tertiary alicyclic amines) is 1. The van der Waals surface area contributed by atoms with Crippen molar-refractivity contribution in [2.45, 2.75) is 33.2 Å². The largest absolute Gasteiger partial charge is 0.466 e. The summed E-state index contributed by atoms with van der Waals surface area (Å²) in [6.45, 7) is 5.70. The molecular formula is C28H32N4O3. The molecule has 2 aromatic carbocycles. The number of rotatable bonds is 7. The summed E-state index contributed by atoms with van der Waals surface area (Å²) in [5.74, 6) is 0.444. The molecule has 3 aromatic rings. The van der Waals surface area contributed by atoms with Crippen LogP contribution < -0.4 is 4.90 Å². The standard InChI is InChI=1S/C28H32N4O3/c1-4-35-28(34)23-14-9-15-32(19-23)27(33)24-17-29-25(22-13-8-10-20(2)16-22)30-26(24)31(3)18-21-11-6-5-7-12-21/h5-8,10-13,16-17,23H,4,9,14-15,18-19H2,1-3H3/t23-/m0/s1. The minimum atomic E-state index is -0.300. The van der Waals surface area contributed by atoms with Crippen molar-refractivity contribution in [3.8, 4) is 11.4 Å². The number of esters is 1. The summed E-state index contributed by atoms with van der Waals surface area (Å²) < 4.78 is 5.21. The molecule has 4 rings (SSSR count). The van der Waals surface area contributed by atoms with Crippen molar-refractivity contribution < 1.29 is 14.3 Å². The Morgan fingerprint density at radius 2 is 1.94 bits per heavy atom. The van der Waals surface area contributed by atoms with Crippen molar-refractivity contribution in [1.82, 2.24) is 14.9 Å². The Morgan fingerprint density at radius 3 is 2.69 bits per heavy atom. The van der Waals surface area contributed by atoms with Crippen LogP contribution in [0, 0.1) is 12.8 Å². The molecule has 2 heterocycles. The van der Waals surface area contributed by atoms with Crippen molar-refractivity contribution in [2.75, 3.05) is 31.6 Å². The fourth-order valence-electron chi connectivity index (χ4n) is 4.45. The minimum Gasteiger partial charge on any atom is -0.466 e. The van der Waals surface area contributed by atoms with Crippen molar-refractivity contribution in [2.24, 2.45) is 5.92 Å². The molecule has 182 valence electrons. The summed E-state index contributed by atoms with van der Waals surface area (Å²) >= 11 is 0. The zero-order valence-corrected chi connectivity index (χ0v) is 20.6. The van der Waals surface area contributed by atoms with Crippen LogP contribution in [0.5, 0.6) is 0 Å². The first-order valence-corrected chi connectivity index (χ1v) is 12.1. The second kappa shape index (κ2) is 11.1. The smallest absolute Gasteiger partial charge is 0.310 e. The molecule has 1 aromatic heterocycles. The van der Waals surface area contributed by atoms with Crippen LogP contribution in [-0.2, 0) is 16.1 Å². The lowest BCUT2D eigenvalue weighted by molar-refractivity contribution is -0.149. The van der Waals surface area contributed by atoms with Crippen LogP contribution in [0.25, 0.3) is 11.4 Å². The van der Waals surface area contributed by atoms with Crippen LogP contribution in [-0.4, -0.2) is 53.5 Å². The SMILES string of the molecule is CCOC(=O)[C@H]1CCCN(C(=O)c2cnc(-c3cccc(C)c3)nc2N(C)Cc2ccccc2)C1. The highest BCUT2D eigenvalue weighted by Crippen LogP contribution is 2.27. The molecule has 1 aliphatic rings. The highest BCUT2D eigenvalue weighted by Gasteiger charge is 2.31.